The van der Waals surface area contributed by atoms with Gasteiger partial charge in [-0.05, 0) is 37.5 Å². The lowest BCUT2D eigenvalue weighted by Gasteiger charge is -2.17. The number of halogens is 3. The average molecular weight is 370 g/mol. The first-order valence-corrected chi connectivity index (χ1v) is 8.30. The SMILES string of the molecule is CCOC(=O)[C@@H](CCc1ccc(OC)cc1)OS(=O)(=O)C(F)(F)F. The van der Waals surface area contributed by atoms with Crippen molar-refractivity contribution in [1.82, 2.24) is 0 Å². The maximum Gasteiger partial charge on any atom is 0.523 e. The molecule has 0 saturated carbocycles. The van der Waals surface area contributed by atoms with Crippen LogP contribution in [0.3, 0.4) is 0 Å². The third-order valence-corrected chi connectivity index (χ3v) is 3.98. The predicted octanol–water partition coefficient (Wildman–Crippen LogP) is 2.43. The van der Waals surface area contributed by atoms with Crippen LogP contribution in [0, 0.1) is 0 Å². The van der Waals surface area contributed by atoms with Gasteiger partial charge in [-0.3, -0.25) is 0 Å². The molecule has 1 aromatic carbocycles. The summed E-state index contributed by atoms with van der Waals surface area (Å²) < 4.78 is 73.0. The molecule has 0 aromatic heterocycles. The van der Waals surface area contributed by atoms with E-state index in [0.717, 1.165) is 0 Å². The molecule has 0 aliphatic carbocycles. The summed E-state index contributed by atoms with van der Waals surface area (Å²) in [7, 11) is -4.42. The zero-order valence-electron chi connectivity index (χ0n) is 13.0. The van der Waals surface area contributed by atoms with Crippen LogP contribution in [0.25, 0.3) is 0 Å². The predicted molar refractivity (Wildman–Crippen MR) is 77.8 cm³/mol. The number of rotatable bonds is 8. The molecule has 0 bridgehead atoms. The van der Waals surface area contributed by atoms with Crippen molar-refractivity contribution in [2.24, 2.45) is 0 Å². The van der Waals surface area contributed by atoms with Crippen molar-refractivity contribution in [3.8, 4) is 5.75 Å². The summed E-state index contributed by atoms with van der Waals surface area (Å²) in [6.45, 7) is 1.32. The number of hydrogen-bond acceptors (Lipinski definition) is 6. The Morgan fingerprint density at radius 2 is 1.79 bits per heavy atom. The monoisotopic (exact) mass is 370 g/mol. The van der Waals surface area contributed by atoms with Crippen LogP contribution in [0.15, 0.2) is 24.3 Å². The molecule has 24 heavy (non-hydrogen) atoms. The van der Waals surface area contributed by atoms with E-state index >= 15 is 0 Å². The number of esters is 1. The molecular formula is C14H17F3O6S. The van der Waals surface area contributed by atoms with Crippen LogP contribution in [0.5, 0.6) is 5.75 Å². The maximum absolute atomic E-state index is 12.4. The standard InChI is InChI=1S/C14H17F3O6S/c1-3-22-13(18)12(23-24(19,20)14(15,16)17)9-6-10-4-7-11(21-2)8-5-10/h4-5,7-8,12H,3,6,9H2,1-2H3/t12-/m1/s1. The lowest BCUT2D eigenvalue weighted by molar-refractivity contribution is -0.152. The number of ether oxygens (including phenoxy) is 2. The molecular weight excluding hydrogens is 353 g/mol. The highest BCUT2D eigenvalue weighted by atomic mass is 32.2. The van der Waals surface area contributed by atoms with Gasteiger partial charge < -0.3 is 9.47 Å². The van der Waals surface area contributed by atoms with Gasteiger partial charge in [-0.15, -0.1) is 0 Å². The molecule has 1 aromatic rings. The minimum Gasteiger partial charge on any atom is -0.497 e. The highest BCUT2D eigenvalue weighted by Gasteiger charge is 2.49. The second-order valence-corrected chi connectivity index (χ2v) is 6.19. The van der Waals surface area contributed by atoms with Gasteiger partial charge in [-0.1, -0.05) is 12.1 Å². The van der Waals surface area contributed by atoms with Gasteiger partial charge in [0.2, 0.25) is 0 Å². The minimum absolute atomic E-state index is 0.112. The Morgan fingerprint density at radius 1 is 1.21 bits per heavy atom. The quantitative estimate of drug-likeness (QED) is 0.397. The summed E-state index contributed by atoms with van der Waals surface area (Å²) >= 11 is 0. The van der Waals surface area contributed by atoms with Crippen molar-refractivity contribution in [3.05, 3.63) is 29.8 Å². The van der Waals surface area contributed by atoms with E-state index in [4.69, 9.17) is 4.74 Å². The van der Waals surface area contributed by atoms with Crippen LogP contribution in [-0.4, -0.2) is 39.7 Å². The Morgan fingerprint density at radius 3 is 2.25 bits per heavy atom. The van der Waals surface area contributed by atoms with E-state index in [-0.39, 0.29) is 19.4 Å². The summed E-state index contributed by atoms with van der Waals surface area (Å²) in [6, 6.07) is 6.53. The fraction of sp³-hybridized carbons (Fsp3) is 0.500. The first kappa shape index (κ1) is 20.2. The largest absolute Gasteiger partial charge is 0.523 e. The first-order valence-electron chi connectivity index (χ1n) is 6.90. The topological polar surface area (TPSA) is 78.9 Å². The molecule has 136 valence electrons. The minimum atomic E-state index is -5.90. The van der Waals surface area contributed by atoms with Crippen LogP contribution in [0.1, 0.15) is 18.9 Å². The molecule has 0 unspecified atom stereocenters. The normalized spacial score (nSPS) is 13.4. The molecule has 0 aliphatic rings. The number of alkyl halides is 3. The second-order valence-electron chi connectivity index (χ2n) is 4.62. The van der Waals surface area contributed by atoms with Gasteiger partial charge in [-0.2, -0.15) is 21.6 Å². The molecule has 0 amide bonds. The van der Waals surface area contributed by atoms with Gasteiger partial charge in [0, 0.05) is 0 Å². The van der Waals surface area contributed by atoms with Gasteiger partial charge in [0.05, 0.1) is 13.7 Å². The Bertz CT molecular complexity index is 639. The van der Waals surface area contributed by atoms with Gasteiger partial charge in [0.1, 0.15) is 5.75 Å². The van der Waals surface area contributed by atoms with Crippen LogP contribution in [0.2, 0.25) is 0 Å². The fourth-order valence-electron chi connectivity index (χ4n) is 1.74. The summed E-state index contributed by atoms with van der Waals surface area (Å²) in [6.07, 6.45) is -2.06. The molecule has 6 nitrogen and oxygen atoms in total. The van der Waals surface area contributed by atoms with Crippen molar-refractivity contribution >= 4 is 16.1 Å². The van der Waals surface area contributed by atoms with Crippen molar-refractivity contribution in [2.45, 2.75) is 31.4 Å². The van der Waals surface area contributed by atoms with Gasteiger partial charge in [-0.25, -0.2) is 8.98 Å². The lowest BCUT2D eigenvalue weighted by atomic mass is 10.1. The molecule has 0 saturated heterocycles. The smallest absolute Gasteiger partial charge is 0.497 e. The second kappa shape index (κ2) is 8.34. The van der Waals surface area contributed by atoms with Gasteiger partial charge in [0.15, 0.2) is 6.10 Å². The van der Waals surface area contributed by atoms with E-state index in [9.17, 15) is 26.4 Å². The van der Waals surface area contributed by atoms with E-state index in [0.29, 0.717) is 11.3 Å². The van der Waals surface area contributed by atoms with Crippen molar-refractivity contribution < 1.29 is 40.0 Å². The highest BCUT2D eigenvalue weighted by molar-refractivity contribution is 7.87. The number of carbonyl (C=O) groups excluding carboxylic acids is 1. The number of carbonyl (C=O) groups is 1. The van der Waals surface area contributed by atoms with Crippen molar-refractivity contribution in [1.29, 1.82) is 0 Å². The summed E-state index contributed by atoms with van der Waals surface area (Å²) in [4.78, 5) is 11.7. The summed E-state index contributed by atoms with van der Waals surface area (Å²) in [5.41, 5.74) is -4.95. The van der Waals surface area contributed by atoms with E-state index in [1.165, 1.54) is 14.0 Å². The number of benzene rings is 1. The molecule has 0 aliphatic heterocycles. The Hall–Kier alpha value is -1.81. The third-order valence-electron chi connectivity index (χ3n) is 2.93. The average Bonchev–Trinajstić information content (AvgIpc) is 2.51. The Kier molecular flexibility index (Phi) is 7.03. The Balaban J connectivity index is 2.84. The fourth-order valence-corrected chi connectivity index (χ4v) is 2.33. The zero-order valence-corrected chi connectivity index (χ0v) is 13.8. The van der Waals surface area contributed by atoms with E-state index in [1.807, 2.05) is 0 Å². The number of aryl methyl sites for hydroxylation is 1. The molecule has 0 heterocycles. The molecule has 0 radical (unpaired) electrons. The molecule has 0 N–H and O–H groups in total. The molecule has 1 atom stereocenters. The maximum atomic E-state index is 12.4. The molecule has 10 heteroatoms. The highest BCUT2D eigenvalue weighted by Crippen LogP contribution is 2.27. The molecule has 1 rings (SSSR count). The van der Waals surface area contributed by atoms with Crippen LogP contribution < -0.4 is 4.74 Å². The van der Waals surface area contributed by atoms with Gasteiger partial charge in [0.25, 0.3) is 0 Å². The third kappa shape index (κ3) is 5.68. The van der Waals surface area contributed by atoms with Crippen LogP contribution >= 0.6 is 0 Å². The number of hydrogen-bond donors (Lipinski definition) is 0. The van der Waals surface area contributed by atoms with Gasteiger partial charge >= 0.3 is 21.6 Å². The molecule has 0 fully saturated rings. The van der Waals surface area contributed by atoms with E-state index in [1.54, 1.807) is 24.3 Å². The summed E-state index contributed by atoms with van der Waals surface area (Å²) in [5.74, 6) is -0.588. The van der Waals surface area contributed by atoms with Crippen molar-refractivity contribution in [3.63, 3.8) is 0 Å². The lowest BCUT2D eigenvalue weighted by Crippen LogP contribution is -2.35. The van der Waals surface area contributed by atoms with Crippen LogP contribution in [0.4, 0.5) is 13.2 Å². The Labute approximate surface area is 137 Å². The number of methoxy groups -OCH3 is 1. The van der Waals surface area contributed by atoms with E-state index < -0.39 is 27.7 Å². The molecule has 0 spiro atoms. The zero-order chi connectivity index (χ0) is 18.4. The van der Waals surface area contributed by atoms with E-state index in [2.05, 4.69) is 8.92 Å². The van der Waals surface area contributed by atoms with Crippen LogP contribution in [-0.2, 0) is 30.3 Å². The van der Waals surface area contributed by atoms with Crippen molar-refractivity contribution in [2.75, 3.05) is 13.7 Å². The first-order chi connectivity index (χ1) is 11.1. The summed E-state index contributed by atoms with van der Waals surface area (Å²) in [5, 5.41) is 0.